The third-order valence-electron chi connectivity index (χ3n) is 2.20. The summed E-state index contributed by atoms with van der Waals surface area (Å²) in [6, 6.07) is 4.05. The number of thiophene rings is 1. The summed E-state index contributed by atoms with van der Waals surface area (Å²) in [5, 5.41) is 5.37. The normalized spacial score (nSPS) is 10.6. The molecule has 0 amide bonds. The van der Waals surface area contributed by atoms with Gasteiger partial charge in [0.2, 0.25) is 0 Å². The highest BCUT2D eigenvalue weighted by atomic mass is 32.1. The number of hydrogen-bond acceptors (Lipinski definition) is 4. The summed E-state index contributed by atoms with van der Waals surface area (Å²) in [5.74, 6) is 0.814. The first-order chi connectivity index (χ1) is 7.90. The molecule has 0 aliphatic rings. The molecule has 0 fully saturated rings. The van der Waals surface area contributed by atoms with Crippen molar-refractivity contribution in [2.75, 3.05) is 6.54 Å². The van der Waals surface area contributed by atoms with Gasteiger partial charge in [0, 0.05) is 24.5 Å². The molecule has 84 valence electrons. The van der Waals surface area contributed by atoms with E-state index in [2.05, 4.69) is 22.2 Å². The van der Waals surface area contributed by atoms with E-state index in [0.29, 0.717) is 0 Å². The van der Waals surface area contributed by atoms with Crippen LogP contribution in [0.5, 0.6) is 0 Å². The van der Waals surface area contributed by atoms with Gasteiger partial charge < -0.3 is 5.32 Å². The molecule has 2 heterocycles. The Bertz CT molecular complexity index is 408. The monoisotopic (exact) mass is 233 g/mol. The van der Waals surface area contributed by atoms with Crippen LogP contribution in [0, 0.1) is 0 Å². The van der Waals surface area contributed by atoms with Crippen molar-refractivity contribution in [2.24, 2.45) is 0 Å². The van der Waals surface area contributed by atoms with Gasteiger partial charge in [-0.05, 0) is 24.4 Å². The summed E-state index contributed by atoms with van der Waals surface area (Å²) in [6.07, 6.45) is 4.93. The highest BCUT2D eigenvalue weighted by Crippen LogP contribution is 2.19. The predicted molar refractivity (Wildman–Crippen MR) is 67.3 cm³/mol. The van der Waals surface area contributed by atoms with Crippen LogP contribution in [-0.2, 0) is 6.54 Å². The molecule has 0 aliphatic heterocycles. The second-order valence-corrected chi connectivity index (χ2v) is 4.52. The standard InChI is InChI=1S/C12H15N3S/c1-2-5-13-7-10-8-14-12(15-9-10)11-4-3-6-16-11/h3-4,6,8-9,13H,2,5,7H2,1H3. The first-order valence-electron chi connectivity index (χ1n) is 5.45. The Morgan fingerprint density at radius 1 is 1.31 bits per heavy atom. The molecule has 0 saturated carbocycles. The van der Waals surface area contributed by atoms with Crippen LogP contribution < -0.4 is 5.32 Å². The Kier molecular flexibility index (Phi) is 4.02. The fraction of sp³-hybridized carbons (Fsp3) is 0.333. The lowest BCUT2D eigenvalue weighted by molar-refractivity contribution is 0.672. The third-order valence-corrected chi connectivity index (χ3v) is 3.07. The second-order valence-electron chi connectivity index (χ2n) is 3.57. The highest BCUT2D eigenvalue weighted by molar-refractivity contribution is 7.13. The quantitative estimate of drug-likeness (QED) is 0.807. The van der Waals surface area contributed by atoms with Crippen molar-refractivity contribution in [3.63, 3.8) is 0 Å². The van der Waals surface area contributed by atoms with Gasteiger partial charge in [0.1, 0.15) is 0 Å². The summed E-state index contributed by atoms with van der Waals surface area (Å²) in [7, 11) is 0. The van der Waals surface area contributed by atoms with Gasteiger partial charge in [-0.2, -0.15) is 0 Å². The van der Waals surface area contributed by atoms with Crippen molar-refractivity contribution in [3.05, 3.63) is 35.5 Å². The van der Waals surface area contributed by atoms with Gasteiger partial charge in [-0.3, -0.25) is 0 Å². The van der Waals surface area contributed by atoms with Gasteiger partial charge in [-0.15, -0.1) is 11.3 Å². The van der Waals surface area contributed by atoms with E-state index in [1.165, 1.54) is 0 Å². The zero-order chi connectivity index (χ0) is 11.2. The number of hydrogen-bond donors (Lipinski definition) is 1. The van der Waals surface area contributed by atoms with Crippen LogP contribution in [0.2, 0.25) is 0 Å². The number of nitrogens with one attached hydrogen (secondary N) is 1. The molecule has 0 unspecified atom stereocenters. The second kappa shape index (κ2) is 5.72. The first-order valence-corrected chi connectivity index (χ1v) is 6.33. The van der Waals surface area contributed by atoms with Gasteiger partial charge in [-0.25, -0.2) is 9.97 Å². The maximum atomic E-state index is 4.36. The predicted octanol–water partition coefficient (Wildman–Crippen LogP) is 2.70. The third kappa shape index (κ3) is 2.87. The highest BCUT2D eigenvalue weighted by Gasteiger charge is 2.01. The Morgan fingerprint density at radius 3 is 2.75 bits per heavy atom. The molecule has 0 radical (unpaired) electrons. The summed E-state index contributed by atoms with van der Waals surface area (Å²) in [5.41, 5.74) is 1.13. The molecular formula is C12H15N3S. The summed E-state index contributed by atoms with van der Waals surface area (Å²) in [6.45, 7) is 4.04. The summed E-state index contributed by atoms with van der Waals surface area (Å²) in [4.78, 5) is 9.84. The van der Waals surface area contributed by atoms with E-state index in [9.17, 15) is 0 Å². The van der Waals surface area contributed by atoms with E-state index in [4.69, 9.17) is 0 Å². The fourth-order valence-electron chi connectivity index (χ4n) is 1.39. The van der Waals surface area contributed by atoms with Crippen molar-refractivity contribution in [1.29, 1.82) is 0 Å². The van der Waals surface area contributed by atoms with Gasteiger partial charge >= 0.3 is 0 Å². The average molecular weight is 233 g/mol. The lowest BCUT2D eigenvalue weighted by atomic mass is 10.3. The molecule has 0 bridgehead atoms. The molecule has 2 aromatic heterocycles. The van der Waals surface area contributed by atoms with Crippen molar-refractivity contribution in [3.8, 4) is 10.7 Å². The smallest absolute Gasteiger partial charge is 0.169 e. The molecule has 1 N–H and O–H groups in total. The van der Waals surface area contributed by atoms with Crippen LogP contribution in [0.15, 0.2) is 29.9 Å². The number of aromatic nitrogens is 2. The van der Waals surface area contributed by atoms with Crippen LogP contribution in [0.1, 0.15) is 18.9 Å². The maximum Gasteiger partial charge on any atom is 0.169 e. The summed E-state index contributed by atoms with van der Waals surface area (Å²) >= 11 is 1.66. The van der Waals surface area contributed by atoms with Gasteiger partial charge in [-0.1, -0.05) is 13.0 Å². The van der Waals surface area contributed by atoms with Gasteiger partial charge in [0.05, 0.1) is 4.88 Å². The van der Waals surface area contributed by atoms with Crippen molar-refractivity contribution >= 4 is 11.3 Å². The minimum atomic E-state index is 0.814. The Morgan fingerprint density at radius 2 is 2.12 bits per heavy atom. The Labute approximate surface area is 99.6 Å². The van der Waals surface area contributed by atoms with Crippen molar-refractivity contribution in [2.45, 2.75) is 19.9 Å². The van der Waals surface area contributed by atoms with E-state index in [-0.39, 0.29) is 0 Å². The Balaban J connectivity index is 2.00. The molecule has 0 aliphatic carbocycles. The topological polar surface area (TPSA) is 37.8 Å². The van der Waals surface area contributed by atoms with Crippen molar-refractivity contribution in [1.82, 2.24) is 15.3 Å². The lowest BCUT2D eigenvalue weighted by Crippen LogP contribution is -2.14. The zero-order valence-corrected chi connectivity index (χ0v) is 10.1. The molecule has 0 aromatic carbocycles. The van der Waals surface area contributed by atoms with Gasteiger partial charge in [0.15, 0.2) is 5.82 Å². The van der Waals surface area contributed by atoms with Crippen LogP contribution in [0.4, 0.5) is 0 Å². The Hall–Kier alpha value is -1.26. The maximum absolute atomic E-state index is 4.36. The van der Waals surface area contributed by atoms with Crippen LogP contribution in [0.3, 0.4) is 0 Å². The molecule has 0 saturated heterocycles. The zero-order valence-electron chi connectivity index (χ0n) is 9.31. The minimum absolute atomic E-state index is 0.814. The first kappa shape index (κ1) is 11.2. The molecular weight excluding hydrogens is 218 g/mol. The molecule has 0 atom stereocenters. The number of rotatable bonds is 5. The van der Waals surface area contributed by atoms with Crippen LogP contribution in [-0.4, -0.2) is 16.5 Å². The lowest BCUT2D eigenvalue weighted by Gasteiger charge is -2.02. The van der Waals surface area contributed by atoms with Crippen LogP contribution >= 0.6 is 11.3 Å². The van der Waals surface area contributed by atoms with Crippen LogP contribution in [0.25, 0.3) is 10.7 Å². The molecule has 0 spiro atoms. The van der Waals surface area contributed by atoms with E-state index in [0.717, 1.165) is 35.8 Å². The molecule has 16 heavy (non-hydrogen) atoms. The van der Waals surface area contributed by atoms with E-state index >= 15 is 0 Å². The molecule has 3 nitrogen and oxygen atoms in total. The van der Waals surface area contributed by atoms with Gasteiger partial charge in [0.25, 0.3) is 0 Å². The average Bonchev–Trinajstić information content (AvgIpc) is 2.84. The largest absolute Gasteiger partial charge is 0.313 e. The van der Waals surface area contributed by atoms with E-state index < -0.39 is 0 Å². The number of nitrogens with zero attached hydrogens (tertiary/aromatic N) is 2. The molecule has 4 heteroatoms. The summed E-state index contributed by atoms with van der Waals surface area (Å²) < 4.78 is 0. The molecule has 2 aromatic rings. The fourth-order valence-corrected chi connectivity index (χ4v) is 2.06. The van der Waals surface area contributed by atoms with Crippen molar-refractivity contribution < 1.29 is 0 Å². The molecule has 2 rings (SSSR count). The SMILES string of the molecule is CCCNCc1cnc(-c2cccs2)nc1. The minimum Gasteiger partial charge on any atom is -0.313 e. The van der Waals surface area contributed by atoms with E-state index in [1.807, 2.05) is 29.9 Å². The van der Waals surface area contributed by atoms with E-state index in [1.54, 1.807) is 11.3 Å².